The Balaban J connectivity index is 1.80. The van der Waals surface area contributed by atoms with Gasteiger partial charge in [0.1, 0.15) is 5.82 Å². The normalized spacial score (nSPS) is 22.7. The third-order valence-corrected chi connectivity index (χ3v) is 3.33. The van der Waals surface area contributed by atoms with Crippen LogP contribution in [0, 0.1) is 5.82 Å². The van der Waals surface area contributed by atoms with Gasteiger partial charge in [-0.25, -0.2) is 9.38 Å². The van der Waals surface area contributed by atoms with Crippen molar-refractivity contribution < 1.29 is 4.39 Å². The standard InChI is InChI=1S/C15H20FN3/c1-10(2)9-18-15(17)19-14-7-12(8-14)11-4-3-5-13(16)6-11/h3-6,12,14H,1,7-9H2,2H3,(H3,17,18,19). The number of rotatable bonds is 4. The maximum Gasteiger partial charge on any atom is 0.189 e. The minimum Gasteiger partial charge on any atom is -0.370 e. The van der Waals surface area contributed by atoms with Crippen molar-refractivity contribution in [1.29, 1.82) is 0 Å². The van der Waals surface area contributed by atoms with Crippen molar-refractivity contribution >= 4 is 5.96 Å². The van der Waals surface area contributed by atoms with Gasteiger partial charge in [0.15, 0.2) is 5.96 Å². The van der Waals surface area contributed by atoms with E-state index in [-0.39, 0.29) is 5.82 Å². The summed E-state index contributed by atoms with van der Waals surface area (Å²) >= 11 is 0. The number of nitrogens with zero attached hydrogens (tertiary/aromatic N) is 1. The second-order valence-corrected chi connectivity index (χ2v) is 5.22. The minimum absolute atomic E-state index is 0.170. The average molecular weight is 261 g/mol. The van der Waals surface area contributed by atoms with Crippen molar-refractivity contribution in [1.82, 2.24) is 5.32 Å². The van der Waals surface area contributed by atoms with Crippen LogP contribution < -0.4 is 11.1 Å². The second-order valence-electron chi connectivity index (χ2n) is 5.22. The van der Waals surface area contributed by atoms with Crippen LogP contribution in [0.2, 0.25) is 0 Å². The molecular formula is C15H20FN3. The van der Waals surface area contributed by atoms with Crippen LogP contribution in [0.15, 0.2) is 41.4 Å². The van der Waals surface area contributed by atoms with Crippen LogP contribution in [0.5, 0.6) is 0 Å². The first-order valence-electron chi connectivity index (χ1n) is 6.51. The van der Waals surface area contributed by atoms with E-state index >= 15 is 0 Å². The Kier molecular flexibility index (Phi) is 4.20. The Labute approximate surface area is 113 Å². The van der Waals surface area contributed by atoms with Crippen molar-refractivity contribution in [2.45, 2.75) is 31.7 Å². The van der Waals surface area contributed by atoms with Crippen molar-refractivity contribution in [2.75, 3.05) is 6.54 Å². The molecule has 0 aromatic heterocycles. The Morgan fingerprint density at radius 3 is 2.89 bits per heavy atom. The highest BCUT2D eigenvalue weighted by Crippen LogP contribution is 2.36. The molecule has 1 aliphatic rings. The first-order valence-corrected chi connectivity index (χ1v) is 6.51. The van der Waals surface area contributed by atoms with Gasteiger partial charge in [0.05, 0.1) is 6.54 Å². The number of nitrogens with two attached hydrogens (primary N) is 1. The van der Waals surface area contributed by atoms with E-state index in [9.17, 15) is 4.39 Å². The molecule has 4 heteroatoms. The monoisotopic (exact) mass is 261 g/mol. The summed E-state index contributed by atoms with van der Waals surface area (Å²) in [6.07, 6.45) is 1.93. The predicted molar refractivity (Wildman–Crippen MR) is 76.6 cm³/mol. The van der Waals surface area contributed by atoms with Crippen LogP contribution in [0.4, 0.5) is 4.39 Å². The molecule has 19 heavy (non-hydrogen) atoms. The van der Waals surface area contributed by atoms with E-state index in [0.717, 1.165) is 24.0 Å². The Bertz CT molecular complexity index is 490. The number of aliphatic imine (C=N–C) groups is 1. The molecule has 0 atom stereocenters. The summed E-state index contributed by atoms with van der Waals surface area (Å²) in [5, 5.41) is 3.18. The van der Waals surface area contributed by atoms with E-state index in [1.54, 1.807) is 12.1 Å². The molecule has 0 aliphatic heterocycles. The zero-order valence-electron chi connectivity index (χ0n) is 11.2. The van der Waals surface area contributed by atoms with Crippen molar-refractivity contribution in [3.05, 3.63) is 47.8 Å². The minimum atomic E-state index is -0.170. The molecule has 0 radical (unpaired) electrons. The van der Waals surface area contributed by atoms with Crippen LogP contribution in [-0.2, 0) is 0 Å². The highest BCUT2D eigenvalue weighted by Gasteiger charge is 2.30. The van der Waals surface area contributed by atoms with Gasteiger partial charge in [0.25, 0.3) is 0 Å². The number of guanidine groups is 1. The van der Waals surface area contributed by atoms with Crippen LogP contribution >= 0.6 is 0 Å². The molecule has 1 aromatic rings. The fraction of sp³-hybridized carbons (Fsp3) is 0.400. The molecule has 3 N–H and O–H groups in total. The van der Waals surface area contributed by atoms with Gasteiger partial charge >= 0.3 is 0 Å². The van der Waals surface area contributed by atoms with Crippen molar-refractivity contribution in [2.24, 2.45) is 10.7 Å². The summed E-state index contributed by atoms with van der Waals surface area (Å²) in [6, 6.07) is 7.15. The summed E-state index contributed by atoms with van der Waals surface area (Å²) in [6.45, 7) is 6.25. The number of hydrogen-bond acceptors (Lipinski definition) is 1. The highest BCUT2D eigenvalue weighted by atomic mass is 19.1. The molecule has 1 saturated carbocycles. The molecule has 0 amide bonds. The third-order valence-electron chi connectivity index (χ3n) is 3.33. The van der Waals surface area contributed by atoms with E-state index in [0.29, 0.717) is 24.5 Å². The zero-order valence-corrected chi connectivity index (χ0v) is 11.2. The maximum absolute atomic E-state index is 13.1. The number of benzene rings is 1. The van der Waals surface area contributed by atoms with Crippen molar-refractivity contribution in [3.8, 4) is 0 Å². The zero-order chi connectivity index (χ0) is 13.8. The average Bonchev–Trinajstić information content (AvgIpc) is 2.30. The molecule has 1 aromatic carbocycles. The summed E-state index contributed by atoms with van der Waals surface area (Å²) in [7, 11) is 0. The van der Waals surface area contributed by atoms with E-state index in [1.807, 2.05) is 13.0 Å². The van der Waals surface area contributed by atoms with Gasteiger partial charge in [0.2, 0.25) is 0 Å². The SMILES string of the molecule is C=C(C)CN=C(N)NC1CC(c2cccc(F)c2)C1. The second kappa shape index (κ2) is 5.87. The van der Waals surface area contributed by atoms with E-state index in [1.165, 1.54) is 6.07 Å². The lowest BCUT2D eigenvalue weighted by molar-refractivity contribution is 0.323. The van der Waals surface area contributed by atoms with Gasteiger partial charge in [-0.2, -0.15) is 0 Å². The molecular weight excluding hydrogens is 241 g/mol. The van der Waals surface area contributed by atoms with Gasteiger partial charge in [-0.3, -0.25) is 0 Å². The molecule has 0 bridgehead atoms. The van der Waals surface area contributed by atoms with Crippen molar-refractivity contribution in [3.63, 3.8) is 0 Å². The Hall–Kier alpha value is -1.84. The van der Waals surface area contributed by atoms with E-state index in [4.69, 9.17) is 5.73 Å². The molecule has 0 heterocycles. The number of halogens is 1. The van der Waals surface area contributed by atoms with Gasteiger partial charge in [-0.15, -0.1) is 0 Å². The van der Waals surface area contributed by atoms with Gasteiger partial charge < -0.3 is 11.1 Å². The van der Waals surface area contributed by atoms with Crippen LogP contribution in [-0.4, -0.2) is 18.5 Å². The van der Waals surface area contributed by atoms with Gasteiger partial charge in [-0.05, 0) is 43.4 Å². The van der Waals surface area contributed by atoms with Crippen LogP contribution in [0.1, 0.15) is 31.2 Å². The molecule has 0 spiro atoms. The van der Waals surface area contributed by atoms with Gasteiger partial charge in [-0.1, -0.05) is 24.3 Å². The highest BCUT2D eigenvalue weighted by molar-refractivity contribution is 5.78. The fourth-order valence-corrected chi connectivity index (χ4v) is 2.24. The smallest absolute Gasteiger partial charge is 0.189 e. The van der Waals surface area contributed by atoms with E-state index < -0.39 is 0 Å². The largest absolute Gasteiger partial charge is 0.370 e. The lowest BCUT2D eigenvalue weighted by Crippen LogP contribution is -2.46. The fourth-order valence-electron chi connectivity index (χ4n) is 2.24. The topological polar surface area (TPSA) is 50.4 Å². The number of hydrogen-bond donors (Lipinski definition) is 2. The summed E-state index contributed by atoms with van der Waals surface area (Å²) in [5.41, 5.74) is 7.83. The van der Waals surface area contributed by atoms with E-state index in [2.05, 4.69) is 16.9 Å². The van der Waals surface area contributed by atoms with Crippen LogP contribution in [0.3, 0.4) is 0 Å². The predicted octanol–water partition coefficient (Wildman–Crippen LogP) is 2.55. The summed E-state index contributed by atoms with van der Waals surface area (Å²) in [4.78, 5) is 4.18. The summed E-state index contributed by atoms with van der Waals surface area (Å²) in [5.74, 6) is 0.712. The maximum atomic E-state index is 13.1. The molecule has 102 valence electrons. The molecule has 1 fully saturated rings. The third kappa shape index (κ3) is 3.81. The lowest BCUT2D eigenvalue weighted by atomic mass is 9.76. The molecule has 0 saturated heterocycles. The Morgan fingerprint density at radius 2 is 2.26 bits per heavy atom. The molecule has 1 aliphatic carbocycles. The lowest BCUT2D eigenvalue weighted by Gasteiger charge is -2.36. The van der Waals surface area contributed by atoms with Gasteiger partial charge in [0, 0.05) is 6.04 Å². The molecule has 0 unspecified atom stereocenters. The number of nitrogens with one attached hydrogen (secondary N) is 1. The first kappa shape index (κ1) is 13.6. The Morgan fingerprint density at radius 1 is 1.53 bits per heavy atom. The summed E-state index contributed by atoms with van der Waals surface area (Å²) < 4.78 is 13.1. The molecule has 2 rings (SSSR count). The molecule has 3 nitrogen and oxygen atoms in total. The quantitative estimate of drug-likeness (QED) is 0.497. The van der Waals surface area contributed by atoms with Crippen LogP contribution in [0.25, 0.3) is 0 Å². The first-order chi connectivity index (χ1) is 9.04.